The third-order valence-electron chi connectivity index (χ3n) is 6.04. The Labute approximate surface area is 197 Å². The molecule has 2 aromatic carbocycles. The fraction of sp³-hybridized carbons (Fsp3) is 0.320. The van der Waals surface area contributed by atoms with Crippen molar-refractivity contribution in [2.75, 3.05) is 25.1 Å². The first-order valence-corrected chi connectivity index (χ1v) is 12.0. The van der Waals surface area contributed by atoms with Gasteiger partial charge < -0.3 is 15.0 Å². The number of aromatic nitrogens is 3. The van der Waals surface area contributed by atoms with Crippen LogP contribution in [-0.2, 0) is 11.3 Å². The van der Waals surface area contributed by atoms with Gasteiger partial charge in [-0.15, -0.1) is 0 Å². The number of nitrogens with one attached hydrogen (secondary N) is 1. The molecule has 0 radical (unpaired) electrons. The van der Waals surface area contributed by atoms with Crippen molar-refractivity contribution in [3.8, 4) is 11.4 Å². The number of fused-ring (bicyclic) bond motifs is 1. The first kappa shape index (κ1) is 21.5. The smallest absolute Gasteiger partial charge is 0.225 e. The number of piperidine rings is 1. The van der Waals surface area contributed by atoms with Crippen LogP contribution in [0.2, 0.25) is 0 Å². The minimum Gasteiger partial charge on any atom is -0.497 e. The summed E-state index contributed by atoms with van der Waals surface area (Å²) in [6, 6.07) is 17.9. The van der Waals surface area contributed by atoms with Gasteiger partial charge in [0.15, 0.2) is 10.8 Å². The predicted molar refractivity (Wildman–Crippen MR) is 131 cm³/mol. The van der Waals surface area contributed by atoms with E-state index in [1.165, 1.54) is 0 Å². The van der Waals surface area contributed by atoms with Gasteiger partial charge in [-0.05, 0) is 49.6 Å². The van der Waals surface area contributed by atoms with Gasteiger partial charge in [-0.3, -0.25) is 4.79 Å². The number of thiazole rings is 1. The summed E-state index contributed by atoms with van der Waals surface area (Å²) in [5.74, 6) is 0.837. The van der Waals surface area contributed by atoms with Gasteiger partial charge >= 0.3 is 0 Å². The molecular weight excluding hydrogens is 434 g/mol. The van der Waals surface area contributed by atoms with Crippen molar-refractivity contribution in [1.82, 2.24) is 20.1 Å². The number of rotatable bonds is 6. The van der Waals surface area contributed by atoms with Crippen LogP contribution < -0.4 is 15.0 Å². The number of anilines is 1. The fourth-order valence-electron chi connectivity index (χ4n) is 4.29. The molecule has 5 rings (SSSR count). The summed E-state index contributed by atoms with van der Waals surface area (Å²) < 4.78 is 8.28. The van der Waals surface area contributed by atoms with Gasteiger partial charge in [0.1, 0.15) is 5.75 Å². The van der Waals surface area contributed by atoms with Gasteiger partial charge in [0, 0.05) is 19.6 Å². The fourth-order valence-corrected chi connectivity index (χ4v) is 5.31. The number of amides is 1. The highest BCUT2D eigenvalue weighted by atomic mass is 32.1. The molecule has 0 spiro atoms. The van der Waals surface area contributed by atoms with Crippen molar-refractivity contribution >= 4 is 32.7 Å². The molecule has 0 aliphatic carbocycles. The average molecular weight is 462 g/mol. The van der Waals surface area contributed by atoms with Crippen LogP contribution in [0, 0.1) is 12.8 Å². The maximum Gasteiger partial charge on any atom is 0.225 e. The van der Waals surface area contributed by atoms with Crippen molar-refractivity contribution < 1.29 is 9.53 Å². The third-order valence-corrected chi connectivity index (χ3v) is 7.26. The Bertz CT molecular complexity index is 1270. The number of nitrogens with zero attached hydrogens (tertiary/aromatic N) is 4. The molecule has 33 heavy (non-hydrogen) atoms. The van der Waals surface area contributed by atoms with E-state index >= 15 is 0 Å². The van der Waals surface area contributed by atoms with Crippen LogP contribution in [0.5, 0.6) is 5.75 Å². The molecule has 1 aliphatic rings. The highest BCUT2D eigenvalue weighted by Gasteiger charge is 2.28. The molecule has 170 valence electrons. The Kier molecular flexibility index (Phi) is 6.00. The lowest BCUT2D eigenvalue weighted by Gasteiger charge is -2.31. The number of methoxy groups -OCH3 is 1. The molecule has 1 saturated heterocycles. The number of hydrogen-bond donors (Lipinski definition) is 1. The molecule has 1 N–H and O–H groups in total. The lowest BCUT2D eigenvalue weighted by molar-refractivity contribution is -0.125. The van der Waals surface area contributed by atoms with E-state index in [0.29, 0.717) is 13.1 Å². The Morgan fingerprint density at radius 2 is 2.06 bits per heavy atom. The molecule has 4 aromatic rings. The third kappa shape index (κ3) is 4.43. The maximum absolute atomic E-state index is 12.9. The van der Waals surface area contributed by atoms with E-state index in [9.17, 15) is 4.79 Å². The van der Waals surface area contributed by atoms with E-state index in [4.69, 9.17) is 9.72 Å². The van der Waals surface area contributed by atoms with Crippen LogP contribution in [0.4, 0.5) is 5.13 Å². The number of ether oxygens (including phenoxy) is 1. The molecule has 1 amide bonds. The minimum atomic E-state index is -0.0527. The van der Waals surface area contributed by atoms with Gasteiger partial charge in [-0.2, -0.15) is 10.1 Å². The summed E-state index contributed by atoms with van der Waals surface area (Å²) >= 11 is 1.66. The van der Waals surface area contributed by atoms with Crippen LogP contribution in [0.15, 0.2) is 54.6 Å². The first-order chi connectivity index (χ1) is 16.1. The van der Waals surface area contributed by atoms with Gasteiger partial charge in [-0.1, -0.05) is 41.7 Å². The highest BCUT2D eigenvalue weighted by molar-refractivity contribution is 7.22. The van der Waals surface area contributed by atoms with E-state index < -0.39 is 0 Å². The predicted octanol–water partition coefficient (Wildman–Crippen LogP) is 4.33. The second-order valence-corrected chi connectivity index (χ2v) is 9.31. The Morgan fingerprint density at radius 1 is 1.21 bits per heavy atom. The van der Waals surface area contributed by atoms with Crippen LogP contribution in [-0.4, -0.2) is 40.9 Å². The molecular formula is C25H27N5O2S. The summed E-state index contributed by atoms with van der Waals surface area (Å²) in [5, 5.41) is 8.75. The molecule has 3 heterocycles. The largest absolute Gasteiger partial charge is 0.497 e. The van der Waals surface area contributed by atoms with Crippen molar-refractivity contribution in [2.45, 2.75) is 26.3 Å². The molecule has 1 fully saturated rings. The zero-order chi connectivity index (χ0) is 22.8. The van der Waals surface area contributed by atoms with E-state index in [1.807, 2.05) is 66.2 Å². The first-order valence-electron chi connectivity index (χ1n) is 11.2. The van der Waals surface area contributed by atoms with Crippen molar-refractivity contribution in [3.05, 3.63) is 65.9 Å². The van der Waals surface area contributed by atoms with Crippen molar-refractivity contribution in [3.63, 3.8) is 0 Å². The Balaban J connectivity index is 1.30. The number of para-hydroxylation sites is 1. The normalized spacial score (nSPS) is 16.2. The summed E-state index contributed by atoms with van der Waals surface area (Å²) in [7, 11) is 1.65. The summed E-state index contributed by atoms with van der Waals surface area (Å²) in [4.78, 5) is 20.1. The molecule has 7 nitrogen and oxygen atoms in total. The van der Waals surface area contributed by atoms with E-state index in [1.54, 1.807) is 18.4 Å². The number of carbonyl (C=O) groups is 1. The van der Waals surface area contributed by atoms with E-state index in [2.05, 4.69) is 15.3 Å². The van der Waals surface area contributed by atoms with E-state index in [-0.39, 0.29) is 11.8 Å². The van der Waals surface area contributed by atoms with Gasteiger partial charge in [0.2, 0.25) is 5.91 Å². The number of benzene rings is 2. The lowest BCUT2D eigenvalue weighted by Crippen LogP contribution is -2.43. The van der Waals surface area contributed by atoms with Crippen molar-refractivity contribution in [1.29, 1.82) is 0 Å². The number of hydrogen-bond acceptors (Lipinski definition) is 6. The lowest BCUT2D eigenvalue weighted by atomic mass is 9.97. The molecule has 0 saturated carbocycles. The summed E-state index contributed by atoms with van der Waals surface area (Å²) in [5.41, 5.74) is 3.88. The minimum absolute atomic E-state index is 0.0527. The molecule has 1 aliphatic heterocycles. The standard InChI is InChI=1S/C25H27N5O2S/c1-17-22-23(30(28-17)20-10-4-3-5-11-20)27-25(33-22)29-13-7-9-19(16-29)24(31)26-15-18-8-6-12-21(14-18)32-2/h3-6,8,10-12,14,19H,7,9,13,15-16H2,1-2H3,(H,26,31). The Morgan fingerprint density at radius 3 is 2.88 bits per heavy atom. The zero-order valence-corrected chi connectivity index (χ0v) is 19.6. The molecule has 1 unspecified atom stereocenters. The molecule has 0 bridgehead atoms. The highest BCUT2D eigenvalue weighted by Crippen LogP contribution is 2.34. The average Bonchev–Trinajstić information content (AvgIpc) is 3.44. The quantitative estimate of drug-likeness (QED) is 0.463. The second kappa shape index (κ2) is 9.23. The number of carbonyl (C=O) groups excluding carboxylic acids is 1. The molecule has 8 heteroatoms. The van der Waals surface area contributed by atoms with Crippen LogP contribution in [0.1, 0.15) is 24.1 Å². The number of aryl methyl sites for hydroxylation is 1. The van der Waals surface area contributed by atoms with Crippen LogP contribution in [0.25, 0.3) is 16.0 Å². The monoisotopic (exact) mass is 461 g/mol. The maximum atomic E-state index is 12.9. The zero-order valence-electron chi connectivity index (χ0n) is 18.8. The van der Waals surface area contributed by atoms with E-state index in [0.717, 1.165) is 57.6 Å². The summed E-state index contributed by atoms with van der Waals surface area (Å²) in [6.45, 7) is 4.11. The second-order valence-electron chi connectivity index (χ2n) is 8.34. The van der Waals surface area contributed by atoms with Gasteiger partial charge in [-0.25, -0.2) is 4.68 Å². The SMILES string of the molecule is COc1cccc(CNC(=O)C2CCCN(c3nc4c(s3)c(C)nn4-c3ccccc3)C2)c1. The van der Waals surface area contributed by atoms with Crippen LogP contribution >= 0.6 is 11.3 Å². The van der Waals surface area contributed by atoms with Crippen molar-refractivity contribution in [2.24, 2.45) is 5.92 Å². The van der Waals surface area contributed by atoms with Gasteiger partial charge in [0.25, 0.3) is 0 Å². The summed E-state index contributed by atoms with van der Waals surface area (Å²) in [6.07, 6.45) is 1.86. The molecule has 2 aromatic heterocycles. The molecule has 1 atom stereocenters. The van der Waals surface area contributed by atoms with Gasteiger partial charge in [0.05, 0.1) is 29.1 Å². The topological polar surface area (TPSA) is 72.3 Å². The Hall–Kier alpha value is -3.39. The van der Waals surface area contributed by atoms with Crippen LogP contribution in [0.3, 0.4) is 0 Å².